The molecule has 354 valence electrons. The highest BCUT2D eigenvalue weighted by molar-refractivity contribution is 7.88. The lowest BCUT2D eigenvalue weighted by Gasteiger charge is -2.28. The molecule has 9 aromatic rings. The van der Waals surface area contributed by atoms with E-state index in [0.717, 1.165) is 77.7 Å². The Morgan fingerprint density at radius 1 is 0.214 bits per heavy atom. The van der Waals surface area contributed by atoms with Crippen molar-refractivity contribution in [3.8, 4) is 34.5 Å². The van der Waals surface area contributed by atoms with Crippen LogP contribution in [0.2, 0.25) is 0 Å². The van der Waals surface area contributed by atoms with Gasteiger partial charge in [-0.2, -0.15) is 0 Å². The molecule has 0 aromatic heterocycles. The average molecular weight is 965 g/mol. The van der Waals surface area contributed by atoms with Gasteiger partial charge < -0.3 is 28.4 Å². The summed E-state index contributed by atoms with van der Waals surface area (Å²) in [7, 11) is 4.68. The summed E-state index contributed by atoms with van der Waals surface area (Å²) < 4.78 is 45.0. The van der Waals surface area contributed by atoms with E-state index in [1.54, 1.807) is 42.7 Å². The third-order valence-electron chi connectivity index (χ3n) is 11.4. The normalized spacial score (nSPS) is 10.7. The third kappa shape index (κ3) is 12.1. The number of ether oxygens (including phenoxy) is 6. The molecule has 0 heterocycles. The van der Waals surface area contributed by atoms with Crippen molar-refractivity contribution in [3.05, 3.63) is 243 Å². The molecule has 0 unspecified atom stereocenters. The monoisotopic (exact) mass is 964 g/mol. The molecule has 0 aliphatic carbocycles. The first-order chi connectivity index (χ1) is 34.4. The van der Waals surface area contributed by atoms with Crippen LogP contribution in [0.3, 0.4) is 0 Å². The molecule has 10 heteroatoms. The van der Waals surface area contributed by atoms with Crippen LogP contribution in [0.15, 0.2) is 252 Å². The second kappa shape index (κ2) is 25.0. The number of hydrogen-bond donors (Lipinski definition) is 0. The van der Waals surface area contributed by atoms with E-state index in [1.165, 1.54) is 0 Å². The van der Waals surface area contributed by atoms with Crippen LogP contribution in [0.4, 0.5) is 11.4 Å². The highest BCUT2D eigenvalue weighted by Crippen LogP contribution is 2.52. The van der Waals surface area contributed by atoms with E-state index >= 15 is 0 Å². The van der Waals surface area contributed by atoms with Crippen LogP contribution < -0.4 is 60.2 Å². The zero-order valence-corrected chi connectivity index (χ0v) is 42.1. The molecule has 70 heavy (non-hydrogen) atoms. The zero-order chi connectivity index (χ0) is 49.0. The number of methoxy groups -OCH3 is 6. The Bertz CT molecular complexity index is 2550. The van der Waals surface area contributed by atoms with Gasteiger partial charge in [0.05, 0.1) is 68.1 Å². The lowest BCUT2D eigenvalue weighted by atomic mass is 10.3. The minimum Gasteiger partial charge on any atom is -0.497 e. The van der Waals surface area contributed by atoms with Crippen LogP contribution in [0, 0.1) is 0 Å². The number of rotatable bonds is 14. The first kappa shape index (κ1) is 50.1. The van der Waals surface area contributed by atoms with Crippen molar-refractivity contribution in [1.82, 2.24) is 0 Å². The molecule has 0 N–H and O–H groups in total. The van der Waals surface area contributed by atoms with E-state index in [-0.39, 0.29) is 0 Å². The molecule has 8 nitrogen and oxygen atoms in total. The largest absolute Gasteiger partial charge is 0.497 e. The Morgan fingerprint density at radius 2 is 0.357 bits per heavy atom. The summed E-state index contributed by atoms with van der Waals surface area (Å²) in [5, 5.41) is 6.42. The quantitative estimate of drug-likeness (QED) is 0.101. The number of hydrogen-bond acceptors (Lipinski definition) is 8. The van der Waals surface area contributed by atoms with Crippen LogP contribution in [-0.2, 0) is 0 Å². The smallest absolute Gasteiger partial charge is 0.118 e. The van der Waals surface area contributed by atoms with Gasteiger partial charge in [-0.15, -0.1) is 0 Å². The number of nitrogens with zero attached hydrogens (tertiary/aromatic N) is 2. The van der Waals surface area contributed by atoms with Gasteiger partial charge in [-0.3, -0.25) is 9.49 Å². The second-order valence-corrected chi connectivity index (χ2v) is 21.5. The van der Waals surface area contributed by atoms with Crippen LogP contribution in [-0.4, -0.2) is 42.7 Å². The molecular weight excluding hydrogens is 907 g/mol. The molecule has 0 saturated heterocycles. The van der Waals surface area contributed by atoms with Gasteiger partial charge in [0.1, 0.15) is 34.5 Å². The molecule has 0 fully saturated rings. The fourth-order valence-corrected chi connectivity index (χ4v) is 14.7. The van der Waals surface area contributed by atoms with Gasteiger partial charge in [-0.05, 0) is 170 Å². The summed E-state index contributed by atoms with van der Waals surface area (Å²) in [5.41, 5.74) is 1.63. The molecule has 0 spiro atoms. The summed E-state index contributed by atoms with van der Waals surface area (Å²) in [4.78, 5) is 0. The molecule has 0 bridgehead atoms. The molecule has 9 aromatic carbocycles. The predicted octanol–water partition coefficient (Wildman–Crippen LogP) is 12.7. The zero-order valence-electron chi connectivity index (χ0n) is 40.3. The first-order valence-electron chi connectivity index (χ1n) is 22.6. The van der Waals surface area contributed by atoms with Crippen LogP contribution in [0.5, 0.6) is 34.5 Å². The van der Waals surface area contributed by atoms with E-state index in [0.29, 0.717) is 0 Å². The Labute approximate surface area is 413 Å². The van der Waals surface area contributed by atoms with Gasteiger partial charge in [0.15, 0.2) is 0 Å². The van der Waals surface area contributed by atoms with Crippen molar-refractivity contribution in [1.29, 1.82) is 0 Å². The maximum absolute atomic E-state index is 5.75. The lowest BCUT2D eigenvalue weighted by molar-refractivity contribution is 0.415. The van der Waals surface area contributed by atoms with Gasteiger partial charge in [-0.25, -0.2) is 0 Å². The third-order valence-corrected chi connectivity index (χ3v) is 18.7. The van der Waals surface area contributed by atoms with Crippen LogP contribution in [0.25, 0.3) is 0 Å². The molecule has 0 saturated carbocycles. The van der Waals surface area contributed by atoms with Gasteiger partial charge in [0.2, 0.25) is 0 Å². The molecule has 0 radical (unpaired) electrons. The summed E-state index contributed by atoms with van der Waals surface area (Å²) in [6.45, 7) is 0. The van der Waals surface area contributed by atoms with E-state index < -0.39 is 14.1 Å². The summed E-state index contributed by atoms with van der Waals surface area (Å²) in [5.74, 6) is 4.64. The van der Waals surface area contributed by atoms with Crippen molar-refractivity contribution in [2.45, 2.75) is 0 Å². The van der Waals surface area contributed by atoms with Crippen LogP contribution in [0.1, 0.15) is 0 Å². The van der Waals surface area contributed by atoms with Crippen molar-refractivity contribution >= 4 is 57.3 Å². The summed E-state index contributed by atoms with van der Waals surface area (Å²) in [6, 6.07) is 81.6. The highest BCUT2D eigenvalue weighted by atomic mass is 31.2. The van der Waals surface area contributed by atoms with Gasteiger partial charge >= 0.3 is 0 Å². The Morgan fingerprint density at radius 3 is 0.486 bits per heavy atom. The topological polar surface area (TPSA) is 80.1 Å². The maximum Gasteiger partial charge on any atom is 0.118 e. The summed E-state index contributed by atoms with van der Waals surface area (Å²) >= 11 is 0. The van der Waals surface area contributed by atoms with Crippen molar-refractivity contribution in [2.24, 2.45) is 9.49 Å². The van der Waals surface area contributed by atoms with Crippen molar-refractivity contribution in [2.75, 3.05) is 42.7 Å². The van der Waals surface area contributed by atoms with Gasteiger partial charge in [-0.1, -0.05) is 72.8 Å². The fourth-order valence-electron chi connectivity index (χ4n) is 7.73. The average Bonchev–Trinajstić information content (AvgIpc) is 3.45. The lowest BCUT2D eigenvalue weighted by Crippen LogP contribution is -2.25. The Balaban J connectivity index is 0.000000524. The number of benzene rings is 9. The van der Waals surface area contributed by atoms with E-state index in [2.05, 4.69) is 97.1 Å². The van der Waals surface area contributed by atoms with E-state index in [4.69, 9.17) is 37.9 Å². The standard InChI is InChI=1S/C48H46N2O6P2.2C6H6/c1-51-37-11-23-43(24-12-37)57(44-25-13-38(52-2)14-26-44,45-27-15-39(53-3)16-28-45)49-35-7-9-36(10-8-35)50-58(46-29-17-40(54-4)18-30-46,47-31-19-41(55-5)20-32-47)48-33-21-42(56-6)22-34-48;2*1-2-4-6-5-3-1/h7-34H,1-6H3;2*1-6H. The first-order valence-corrected chi connectivity index (χ1v) is 26.1. The fraction of sp³-hybridized carbons (Fsp3) is 0.100. The van der Waals surface area contributed by atoms with Crippen molar-refractivity contribution < 1.29 is 28.4 Å². The molecule has 0 aliphatic rings. The molecule has 9 rings (SSSR count). The Kier molecular flexibility index (Phi) is 17.9. The molecule has 0 amide bonds. The SMILES string of the molecule is COc1ccc(P(=Nc2ccc(N=P(c3ccc(OC)cc3)(c3ccc(OC)cc3)c3ccc(OC)cc3)cc2)(c2ccc(OC)cc2)c2ccc(OC)cc2)cc1.c1ccccc1.c1ccccc1. The van der Waals surface area contributed by atoms with Crippen molar-refractivity contribution in [3.63, 3.8) is 0 Å². The molecule has 0 atom stereocenters. The second-order valence-electron chi connectivity index (χ2n) is 15.5. The highest BCUT2D eigenvalue weighted by Gasteiger charge is 2.30. The van der Waals surface area contributed by atoms with Gasteiger partial charge in [0, 0.05) is 31.8 Å². The maximum atomic E-state index is 5.75. The van der Waals surface area contributed by atoms with E-state index in [1.807, 2.05) is 146 Å². The summed E-state index contributed by atoms with van der Waals surface area (Å²) in [6.07, 6.45) is 0. The molecular formula is C60H58N2O6P2. The minimum atomic E-state index is -2.69. The van der Waals surface area contributed by atoms with Gasteiger partial charge in [0.25, 0.3) is 0 Å². The van der Waals surface area contributed by atoms with Crippen LogP contribution >= 0.6 is 14.1 Å². The minimum absolute atomic E-state index is 0.773. The molecule has 0 aliphatic heterocycles. The Hall–Kier alpha value is -7.76. The van der Waals surface area contributed by atoms with E-state index in [9.17, 15) is 0 Å². The predicted molar refractivity (Wildman–Crippen MR) is 293 cm³/mol.